The molecule has 6 nitrogen and oxygen atoms in total. The van der Waals surface area contributed by atoms with Gasteiger partial charge in [-0.15, -0.1) is 0 Å². The summed E-state index contributed by atoms with van der Waals surface area (Å²) in [6.45, 7) is 0. The van der Waals surface area contributed by atoms with E-state index in [0.29, 0.717) is 5.56 Å². The van der Waals surface area contributed by atoms with Gasteiger partial charge in [0.15, 0.2) is 0 Å². The minimum Gasteiger partial charge on any atom is -0.444 e. The number of amides is 3. The fourth-order valence-corrected chi connectivity index (χ4v) is 2.35. The van der Waals surface area contributed by atoms with Crippen LogP contribution in [0.3, 0.4) is 0 Å². The summed E-state index contributed by atoms with van der Waals surface area (Å²) < 4.78 is 5.29. The summed E-state index contributed by atoms with van der Waals surface area (Å²) in [5.74, 6) is -1.63. The van der Waals surface area contributed by atoms with Crippen LogP contribution in [0.25, 0.3) is 0 Å². The molecule has 2 aromatic carbocycles. The number of hydrogen-bond donors (Lipinski definition) is 2. The highest BCUT2D eigenvalue weighted by Crippen LogP contribution is 2.28. The molecule has 0 unspecified atom stereocenters. The third-order valence-corrected chi connectivity index (χ3v) is 4.02. The summed E-state index contributed by atoms with van der Waals surface area (Å²) in [6, 6.07) is 12.1. The molecule has 2 aromatic rings. The van der Waals surface area contributed by atoms with Gasteiger partial charge in [-0.2, -0.15) is 0 Å². The zero-order valence-electron chi connectivity index (χ0n) is 13.1. The van der Waals surface area contributed by atoms with Gasteiger partial charge < -0.3 is 10.1 Å². The second kappa shape index (κ2) is 8.50. The predicted octanol–water partition coefficient (Wildman–Crippen LogP) is 3.35. The molecule has 0 aliphatic carbocycles. The number of urea groups is 1. The van der Waals surface area contributed by atoms with Crippen LogP contribution < -0.4 is 10.6 Å². The van der Waals surface area contributed by atoms with Gasteiger partial charge in [-0.05, 0) is 12.1 Å². The van der Waals surface area contributed by atoms with Crippen molar-refractivity contribution >= 4 is 41.1 Å². The van der Waals surface area contributed by atoms with Crippen molar-refractivity contribution in [2.75, 3.05) is 7.05 Å². The Kier molecular flexibility index (Phi) is 6.38. The zero-order chi connectivity index (χ0) is 18.4. The fourth-order valence-electron chi connectivity index (χ4n) is 1.97. The lowest BCUT2D eigenvalue weighted by Gasteiger charge is -2.18. The lowest BCUT2D eigenvalue weighted by atomic mass is 10.1. The average Bonchev–Trinajstić information content (AvgIpc) is 2.62. The predicted molar refractivity (Wildman–Crippen MR) is 93.7 cm³/mol. The van der Waals surface area contributed by atoms with Crippen LogP contribution in [0.2, 0.25) is 10.0 Å². The van der Waals surface area contributed by atoms with Crippen molar-refractivity contribution in [3.05, 3.63) is 69.7 Å². The van der Waals surface area contributed by atoms with E-state index >= 15 is 0 Å². The minimum absolute atomic E-state index is 0.0165. The van der Waals surface area contributed by atoms with Crippen LogP contribution in [0.4, 0.5) is 4.79 Å². The van der Waals surface area contributed by atoms with E-state index in [1.54, 1.807) is 30.3 Å². The SMILES string of the molecule is CNC(=O)NC(=O)[C@H](OC(=O)c1cccc(Cl)c1Cl)c1ccccc1. The first kappa shape index (κ1) is 18.8. The number of carbonyl (C=O) groups excluding carboxylic acids is 3. The Morgan fingerprint density at radius 3 is 2.32 bits per heavy atom. The second-order valence-corrected chi connectivity index (χ2v) is 5.65. The normalized spacial score (nSPS) is 11.3. The molecule has 8 heteroatoms. The zero-order valence-corrected chi connectivity index (χ0v) is 14.6. The maximum Gasteiger partial charge on any atom is 0.340 e. The van der Waals surface area contributed by atoms with Gasteiger partial charge in [-0.25, -0.2) is 9.59 Å². The van der Waals surface area contributed by atoms with Crippen LogP contribution in [0, 0.1) is 0 Å². The van der Waals surface area contributed by atoms with Gasteiger partial charge in [0, 0.05) is 12.6 Å². The van der Waals surface area contributed by atoms with Crippen molar-refractivity contribution in [2.24, 2.45) is 0 Å². The smallest absolute Gasteiger partial charge is 0.340 e. The van der Waals surface area contributed by atoms with E-state index < -0.39 is 24.0 Å². The molecule has 3 amide bonds. The molecule has 0 heterocycles. The first-order valence-corrected chi connectivity index (χ1v) is 7.92. The number of ether oxygens (including phenoxy) is 1. The van der Waals surface area contributed by atoms with E-state index in [-0.39, 0.29) is 15.6 Å². The largest absolute Gasteiger partial charge is 0.444 e. The molecule has 0 fully saturated rings. The van der Waals surface area contributed by atoms with Crippen molar-refractivity contribution in [1.82, 2.24) is 10.6 Å². The van der Waals surface area contributed by atoms with Crippen molar-refractivity contribution in [2.45, 2.75) is 6.10 Å². The molecule has 0 spiro atoms. The average molecular weight is 381 g/mol. The van der Waals surface area contributed by atoms with Crippen LogP contribution in [0.5, 0.6) is 0 Å². The molecule has 0 aromatic heterocycles. The van der Waals surface area contributed by atoms with Gasteiger partial charge in [-0.1, -0.05) is 59.6 Å². The molecule has 0 bridgehead atoms. The van der Waals surface area contributed by atoms with Crippen LogP contribution >= 0.6 is 23.2 Å². The quantitative estimate of drug-likeness (QED) is 0.796. The second-order valence-electron chi connectivity index (χ2n) is 4.87. The number of hydrogen-bond acceptors (Lipinski definition) is 4. The highest BCUT2D eigenvalue weighted by atomic mass is 35.5. The van der Waals surface area contributed by atoms with Gasteiger partial charge in [0.05, 0.1) is 15.6 Å². The summed E-state index contributed by atoms with van der Waals surface area (Å²) in [5.41, 5.74) is 0.415. The molecular formula is C17H14Cl2N2O4. The van der Waals surface area contributed by atoms with E-state index in [1.165, 1.54) is 25.2 Å². The maximum atomic E-state index is 12.4. The van der Waals surface area contributed by atoms with Crippen LogP contribution in [0.1, 0.15) is 22.0 Å². The third-order valence-electron chi connectivity index (χ3n) is 3.20. The summed E-state index contributed by atoms with van der Waals surface area (Å²) >= 11 is 11.9. The van der Waals surface area contributed by atoms with Gasteiger partial charge in [0.25, 0.3) is 5.91 Å². The highest BCUT2D eigenvalue weighted by Gasteiger charge is 2.28. The fraction of sp³-hybridized carbons (Fsp3) is 0.118. The number of carbonyl (C=O) groups is 3. The molecule has 0 saturated carbocycles. The minimum atomic E-state index is -1.33. The molecule has 2 rings (SSSR count). The van der Waals surface area contributed by atoms with E-state index in [9.17, 15) is 14.4 Å². The van der Waals surface area contributed by atoms with Crippen molar-refractivity contribution < 1.29 is 19.1 Å². The third kappa shape index (κ3) is 4.71. The Morgan fingerprint density at radius 1 is 1.00 bits per heavy atom. The molecule has 0 aliphatic heterocycles. The van der Waals surface area contributed by atoms with E-state index in [1.807, 2.05) is 0 Å². The van der Waals surface area contributed by atoms with Gasteiger partial charge in [0.1, 0.15) is 0 Å². The molecule has 0 aliphatic rings. The van der Waals surface area contributed by atoms with Gasteiger partial charge >= 0.3 is 12.0 Å². The molecule has 25 heavy (non-hydrogen) atoms. The highest BCUT2D eigenvalue weighted by molar-refractivity contribution is 6.43. The van der Waals surface area contributed by atoms with Crippen molar-refractivity contribution in [3.63, 3.8) is 0 Å². The summed E-state index contributed by atoms with van der Waals surface area (Å²) in [7, 11) is 1.36. The van der Waals surface area contributed by atoms with E-state index in [0.717, 1.165) is 0 Å². The molecule has 0 saturated heterocycles. The van der Waals surface area contributed by atoms with Crippen molar-refractivity contribution in [1.29, 1.82) is 0 Å². The number of rotatable bonds is 4. The summed E-state index contributed by atoms with van der Waals surface area (Å²) in [6.07, 6.45) is -1.33. The Labute approximate surface area is 154 Å². The number of benzene rings is 2. The molecule has 130 valence electrons. The first-order chi connectivity index (χ1) is 11.9. The number of esters is 1. The number of nitrogens with one attached hydrogen (secondary N) is 2. The van der Waals surface area contributed by atoms with Crippen LogP contribution in [-0.2, 0) is 9.53 Å². The summed E-state index contributed by atoms with van der Waals surface area (Å²) in [4.78, 5) is 36.1. The lowest BCUT2D eigenvalue weighted by Crippen LogP contribution is -2.41. The number of halogens is 2. The standard InChI is InChI=1S/C17H14Cl2N2O4/c1-20-17(24)21-15(22)14(10-6-3-2-4-7-10)25-16(23)11-8-5-9-12(18)13(11)19/h2-9,14H,1H3,(H2,20,21,22,24)/t14-/m1/s1. The van der Waals surface area contributed by atoms with Gasteiger partial charge in [0.2, 0.25) is 6.10 Å². The summed E-state index contributed by atoms with van der Waals surface area (Å²) in [5, 5.41) is 4.54. The van der Waals surface area contributed by atoms with Crippen molar-refractivity contribution in [3.8, 4) is 0 Å². The number of imide groups is 1. The maximum absolute atomic E-state index is 12.4. The Balaban J connectivity index is 2.30. The lowest BCUT2D eigenvalue weighted by molar-refractivity contribution is -0.129. The molecular weight excluding hydrogens is 367 g/mol. The Morgan fingerprint density at radius 2 is 1.68 bits per heavy atom. The van der Waals surface area contributed by atoms with E-state index in [2.05, 4.69) is 10.6 Å². The van der Waals surface area contributed by atoms with Crippen LogP contribution in [0.15, 0.2) is 48.5 Å². The first-order valence-electron chi connectivity index (χ1n) is 7.16. The van der Waals surface area contributed by atoms with Gasteiger partial charge in [-0.3, -0.25) is 10.1 Å². The Bertz CT molecular complexity index is 796. The topological polar surface area (TPSA) is 84.5 Å². The Hall–Kier alpha value is -2.57. The molecule has 0 radical (unpaired) electrons. The van der Waals surface area contributed by atoms with E-state index in [4.69, 9.17) is 27.9 Å². The van der Waals surface area contributed by atoms with Crippen LogP contribution in [-0.4, -0.2) is 25.0 Å². The monoisotopic (exact) mass is 380 g/mol. The molecule has 2 N–H and O–H groups in total. The molecule has 1 atom stereocenters.